The van der Waals surface area contributed by atoms with Gasteiger partial charge in [-0.3, -0.25) is 4.57 Å². The summed E-state index contributed by atoms with van der Waals surface area (Å²) in [5, 5.41) is 9.73. The van der Waals surface area contributed by atoms with Gasteiger partial charge >= 0.3 is 0 Å². The van der Waals surface area contributed by atoms with Gasteiger partial charge in [-0.05, 0) is 13.8 Å². The van der Waals surface area contributed by atoms with Crippen LogP contribution in [-0.2, 0) is 4.74 Å². The van der Waals surface area contributed by atoms with Crippen LogP contribution < -0.4 is 5.73 Å². The summed E-state index contributed by atoms with van der Waals surface area (Å²) in [7, 11) is 0. The molecule has 2 aromatic rings. The van der Waals surface area contributed by atoms with E-state index in [0.29, 0.717) is 29.2 Å². The van der Waals surface area contributed by atoms with Crippen molar-refractivity contribution < 1.29 is 9.84 Å². The number of aryl methyl sites for hydroxylation is 1. The number of aliphatic hydroxyl groups excluding tert-OH is 1. The van der Waals surface area contributed by atoms with Crippen LogP contribution in [0, 0.1) is 6.92 Å². The van der Waals surface area contributed by atoms with Crippen molar-refractivity contribution >= 4 is 17.0 Å². The molecule has 18 heavy (non-hydrogen) atoms. The average molecular weight is 249 g/mol. The fourth-order valence-electron chi connectivity index (χ4n) is 2.23. The lowest BCUT2D eigenvalue weighted by molar-refractivity contribution is -0.00633. The molecule has 7 nitrogen and oxygen atoms in total. The summed E-state index contributed by atoms with van der Waals surface area (Å²) < 4.78 is 7.48. The Balaban J connectivity index is 2.08. The number of hydrogen-bond donors (Lipinski definition) is 2. The number of aliphatic hydroxyl groups is 1. The number of rotatable bonds is 1. The molecule has 1 aliphatic rings. The zero-order chi connectivity index (χ0) is 12.9. The van der Waals surface area contributed by atoms with E-state index in [1.54, 1.807) is 17.8 Å². The maximum Gasteiger partial charge on any atom is 0.167 e. The molecule has 0 aliphatic carbocycles. The summed E-state index contributed by atoms with van der Waals surface area (Å²) in [6.07, 6.45) is 1.24. The molecule has 3 atom stereocenters. The quantitative estimate of drug-likeness (QED) is 0.758. The summed E-state index contributed by atoms with van der Waals surface area (Å²) >= 11 is 0. The molecular weight excluding hydrogens is 234 g/mol. The summed E-state index contributed by atoms with van der Waals surface area (Å²) in [6.45, 7) is 3.62. The molecule has 96 valence electrons. The molecule has 2 aromatic heterocycles. The third kappa shape index (κ3) is 1.63. The highest BCUT2D eigenvalue weighted by Crippen LogP contribution is 2.31. The van der Waals surface area contributed by atoms with Gasteiger partial charge in [-0.1, -0.05) is 0 Å². The molecular formula is C11H15N5O2. The number of aromatic nitrogens is 4. The SMILES string of the molecule is Cc1nc(N)c2ncn([C@H]3CC(O)[C@@H](C)O3)c2n1. The van der Waals surface area contributed by atoms with Gasteiger partial charge < -0.3 is 15.6 Å². The zero-order valence-electron chi connectivity index (χ0n) is 10.2. The first-order valence-corrected chi connectivity index (χ1v) is 5.86. The van der Waals surface area contributed by atoms with Gasteiger partial charge in [0.1, 0.15) is 17.6 Å². The lowest BCUT2D eigenvalue weighted by Gasteiger charge is -2.12. The van der Waals surface area contributed by atoms with Crippen molar-refractivity contribution in [2.45, 2.75) is 38.7 Å². The first kappa shape index (κ1) is 11.4. The minimum atomic E-state index is -0.465. The number of anilines is 1. The van der Waals surface area contributed by atoms with E-state index in [-0.39, 0.29) is 12.3 Å². The highest BCUT2D eigenvalue weighted by atomic mass is 16.5. The third-order valence-corrected chi connectivity index (χ3v) is 3.23. The second kappa shape index (κ2) is 3.89. The number of imidazole rings is 1. The van der Waals surface area contributed by atoms with Gasteiger partial charge in [-0.15, -0.1) is 0 Å². The van der Waals surface area contributed by atoms with Crippen LogP contribution in [0.25, 0.3) is 11.2 Å². The van der Waals surface area contributed by atoms with Gasteiger partial charge in [0.25, 0.3) is 0 Å². The fraction of sp³-hybridized carbons (Fsp3) is 0.545. The number of nitrogens with zero attached hydrogens (tertiary/aromatic N) is 4. The first-order valence-electron chi connectivity index (χ1n) is 5.86. The van der Waals surface area contributed by atoms with Crippen LogP contribution in [0.5, 0.6) is 0 Å². The maximum absolute atomic E-state index is 9.73. The number of nitrogens with two attached hydrogens (primary N) is 1. The van der Waals surface area contributed by atoms with E-state index in [1.807, 2.05) is 6.92 Å². The molecule has 0 saturated carbocycles. The molecule has 7 heteroatoms. The van der Waals surface area contributed by atoms with Gasteiger partial charge in [0.05, 0.1) is 18.5 Å². The fourth-order valence-corrected chi connectivity index (χ4v) is 2.23. The van der Waals surface area contributed by atoms with Crippen molar-refractivity contribution in [3.05, 3.63) is 12.2 Å². The molecule has 1 aliphatic heterocycles. The number of ether oxygens (including phenoxy) is 1. The highest BCUT2D eigenvalue weighted by Gasteiger charge is 2.32. The van der Waals surface area contributed by atoms with Crippen molar-refractivity contribution in [3.8, 4) is 0 Å². The van der Waals surface area contributed by atoms with Gasteiger partial charge in [0, 0.05) is 6.42 Å². The van der Waals surface area contributed by atoms with Crippen LogP contribution in [0.2, 0.25) is 0 Å². The van der Waals surface area contributed by atoms with Gasteiger partial charge in [-0.2, -0.15) is 0 Å². The molecule has 0 aromatic carbocycles. The molecule has 3 heterocycles. The molecule has 3 N–H and O–H groups in total. The Hall–Kier alpha value is -1.73. The van der Waals surface area contributed by atoms with E-state index < -0.39 is 6.10 Å². The minimum absolute atomic E-state index is 0.187. The molecule has 0 spiro atoms. The van der Waals surface area contributed by atoms with E-state index in [9.17, 15) is 5.11 Å². The van der Waals surface area contributed by atoms with Crippen molar-refractivity contribution in [2.24, 2.45) is 0 Å². The Kier molecular flexibility index (Phi) is 2.46. The molecule has 0 bridgehead atoms. The topological polar surface area (TPSA) is 99.1 Å². The van der Waals surface area contributed by atoms with Crippen LogP contribution >= 0.6 is 0 Å². The second-order valence-corrected chi connectivity index (χ2v) is 4.58. The number of hydrogen-bond acceptors (Lipinski definition) is 6. The van der Waals surface area contributed by atoms with Crippen molar-refractivity contribution in [2.75, 3.05) is 5.73 Å². The van der Waals surface area contributed by atoms with Crippen molar-refractivity contribution in [3.63, 3.8) is 0 Å². The molecule has 1 unspecified atom stereocenters. The Morgan fingerprint density at radius 2 is 2.28 bits per heavy atom. The zero-order valence-corrected chi connectivity index (χ0v) is 10.2. The van der Waals surface area contributed by atoms with Gasteiger partial charge in [0.2, 0.25) is 0 Å². The predicted molar refractivity (Wildman–Crippen MR) is 64.7 cm³/mol. The Morgan fingerprint density at radius 3 is 2.94 bits per heavy atom. The van der Waals surface area contributed by atoms with E-state index in [2.05, 4.69) is 15.0 Å². The normalized spacial score (nSPS) is 28.1. The van der Waals surface area contributed by atoms with Gasteiger partial charge in [-0.25, -0.2) is 15.0 Å². The predicted octanol–water partition coefficient (Wildman–Crippen LogP) is 0.385. The standard InChI is InChI=1S/C11H15N5O2/c1-5-7(17)3-8(18-5)16-4-13-9-10(12)14-6(2)15-11(9)16/h4-5,7-8,17H,3H2,1-2H3,(H2,12,14,15)/t5-,7?,8-/m1/s1. The van der Waals surface area contributed by atoms with E-state index in [0.717, 1.165) is 0 Å². The molecule has 0 radical (unpaired) electrons. The Labute approximate surface area is 104 Å². The smallest absolute Gasteiger partial charge is 0.167 e. The monoisotopic (exact) mass is 249 g/mol. The van der Waals surface area contributed by atoms with Crippen LogP contribution in [0.3, 0.4) is 0 Å². The van der Waals surface area contributed by atoms with Crippen LogP contribution in [0.15, 0.2) is 6.33 Å². The van der Waals surface area contributed by atoms with Crippen LogP contribution in [0.1, 0.15) is 25.4 Å². The molecule has 0 amide bonds. The molecule has 1 fully saturated rings. The number of fused-ring (bicyclic) bond motifs is 1. The van der Waals surface area contributed by atoms with E-state index in [1.165, 1.54) is 0 Å². The maximum atomic E-state index is 9.73. The molecule has 3 rings (SSSR count). The average Bonchev–Trinajstić information content (AvgIpc) is 2.83. The summed E-state index contributed by atoms with van der Waals surface area (Å²) in [5.74, 6) is 0.955. The summed E-state index contributed by atoms with van der Waals surface area (Å²) in [4.78, 5) is 12.6. The third-order valence-electron chi connectivity index (χ3n) is 3.23. The lowest BCUT2D eigenvalue weighted by atomic mass is 10.2. The minimum Gasteiger partial charge on any atom is -0.390 e. The first-order chi connectivity index (χ1) is 8.56. The van der Waals surface area contributed by atoms with Crippen LogP contribution in [0.4, 0.5) is 5.82 Å². The Morgan fingerprint density at radius 1 is 1.50 bits per heavy atom. The number of nitrogen functional groups attached to an aromatic ring is 1. The Bertz CT molecular complexity index is 586. The van der Waals surface area contributed by atoms with E-state index in [4.69, 9.17) is 10.5 Å². The van der Waals surface area contributed by atoms with Crippen molar-refractivity contribution in [1.29, 1.82) is 0 Å². The van der Waals surface area contributed by atoms with Crippen LogP contribution in [-0.4, -0.2) is 36.8 Å². The van der Waals surface area contributed by atoms with Gasteiger partial charge in [0.15, 0.2) is 11.5 Å². The summed E-state index contributed by atoms with van der Waals surface area (Å²) in [6, 6.07) is 0. The van der Waals surface area contributed by atoms with Crippen molar-refractivity contribution in [1.82, 2.24) is 19.5 Å². The second-order valence-electron chi connectivity index (χ2n) is 4.58. The van der Waals surface area contributed by atoms with E-state index >= 15 is 0 Å². The largest absolute Gasteiger partial charge is 0.390 e. The highest BCUT2D eigenvalue weighted by molar-refractivity contribution is 5.81. The molecule has 1 saturated heterocycles. The summed E-state index contributed by atoms with van der Waals surface area (Å²) in [5.41, 5.74) is 7.02. The lowest BCUT2D eigenvalue weighted by Crippen LogP contribution is -2.15.